The average molecular weight is 283 g/mol. The molecule has 19 heavy (non-hydrogen) atoms. The zero-order valence-electron chi connectivity index (χ0n) is 10.0. The van der Waals surface area contributed by atoms with Crippen LogP contribution in [0.2, 0.25) is 0 Å². The monoisotopic (exact) mass is 283 g/mol. The van der Waals surface area contributed by atoms with Crippen LogP contribution >= 0.6 is 0 Å². The number of hydrogen-bond acceptors (Lipinski definition) is 2. The van der Waals surface area contributed by atoms with E-state index in [1.807, 2.05) is 0 Å². The van der Waals surface area contributed by atoms with E-state index in [1.165, 1.54) is 18.2 Å². The molecule has 1 N–H and O–H groups in total. The van der Waals surface area contributed by atoms with E-state index in [0.29, 0.717) is 0 Å². The van der Waals surface area contributed by atoms with E-state index < -0.39 is 21.7 Å². The van der Waals surface area contributed by atoms with Crippen molar-refractivity contribution in [3.8, 4) is 0 Å². The summed E-state index contributed by atoms with van der Waals surface area (Å²) in [5.41, 5.74) is 0.586. The maximum Gasteiger partial charge on any atom is 0.261 e. The van der Waals surface area contributed by atoms with Gasteiger partial charge >= 0.3 is 0 Å². The quantitative estimate of drug-likeness (QED) is 0.941. The van der Waals surface area contributed by atoms with Crippen LogP contribution in [0, 0.1) is 18.6 Å². The van der Waals surface area contributed by atoms with Crippen molar-refractivity contribution < 1.29 is 17.2 Å². The zero-order chi connectivity index (χ0) is 14.0. The third-order valence-electron chi connectivity index (χ3n) is 2.49. The summed E-state index contributed by atoms with van der Waals surface area (Å²) in [7, 11) is -3.93. The number of nitrogens with one attached hydrogen (secondary N) is 1. The first-order valence-corrected chi connectivity index (χ1v) is 6.91. The summed E-state index contributed by atoms with van der Waals surface area (Å²) in [6.45, 7) is 1.72. The summed E-state index contributed by atoms with van der Waals surface area (Å²) < 4.78 is 52.3. The van der Waals surface area contributed by atoms with Crippen LogP contribution in [0.1, 0.15) is 5.56 Å². The SMILES string of the molecule is Cc1ccc(F)c(NS(=O)(=O)c2ccc(F)cc2)c1. The lowest BCUT2D eigenvalue weighted by molar-refractivity contribution is 0.597. The first-order valence-electron chi connectivity index (χ1n) is 5.43. The Kier molecular flexibility index (Phi) is 3.53. The van der Waals surface area contributed by atoms with Crippen molar-refractivity contribution in [2.45, 2.75) is 11.8 Å². The van der Waals surface area contributed by atoms with Gasteiger partial charge in [-0.25, -0.2) is 17.2 Å². The van der Waals surface area contributed by atoms with Gasteiger partial charge in [-0.3, -0.25) is 4.72 Å². The Hall–Kier alpha value is -1.95. The lowest BCUT2D eigenvalue weighted by Crippen LogP contribution is -2.14. The van der Waals surface area contributed by atoms with Gasteiger partial charge in [0.05, 0.1) is 10.6 Å². The first kappa shape index (κ1) is 13.5. The maximum absolute atomic E-state index is 13.5. The van der Waals surface area contributed by atoms with Crippen molar-refractivity contribution >= 4 is 15.7 Å². The second-order valence-electron chi connectivity index (χ2n) is 4.04. The number of aryl methyl sites for hydroxylation is 1. The molecule has 2 aromatic carbocycles. The van der Waals surface area contributed by atoms with Crippen molar-refractivity contribution in [1.29, 1.82) is 0 Å². The van der Waals surface area contributed by atoms with Crippen molar-refractivity contribution in [1.82, 2.24) is 0 Å². The molecule has 6 heteroatoms. The molecule has 0 radical (unpaired) electrons. The molecular formula is C13H11F2NO2S. The summed E-state index contributed by atoms with van der Waals surface area (Å²) in [6, 6.07) is 8.39. The van der Waals surface area contributed by atoms with E-state index in [-0.39, 0.29) is 10.6 Å². The van der Waals surface area contributed by atoms with E-state index in [0.717, 1.165) is 29.8 Å². The van der Waals surface area contributed by atoms with Crippen molar-refractivity contribution in [3.63, 3.8) is 0 Å². The van der Waals surface area contributed by atoms with Gasteiger partial charge in [-0.05, 0) is 48.9 Å². The Morgan fingerprint density at radius 3 is 2.26 bits per heavy atom. The number of halogens is 2. The molecule has 2 rings (SSSR count). The highest BCUT2D eigenvalue weighted by Gasteiger charge is 2.16. The fraction of sp³-hybridized carbons (Fsp3) is 0.0769. The van der Waals surface area contributed by atoms with Crippen LogP contribution in [-0.2, 0) is 10.0 Å². The molecule has 0 aliphatic heterocycles. The molecule has 3 nitrogen and oxygen atoms in total. The molecule has 0 unspecified atom stereocenters. The number of sulfonamides is 1. The molecule has 0 aromatic heterocycles. The normalized spacial score (nSPS) is 11.3. The zero-order valence-corrected chi connectivity index (χ0v) is 10.8. The number of benzene rings is 2. The lowest BCUT2D eigenvalue weighted by atomic mass is 10.2. The minimum Gasteiger partial charge on any atom is -0.277 e. The predicted octanol–water partition coefficient (Wildman–Crippen LogP) is 3.07. The molecular weight excluding hydrogens is 272 g/mol. The standard InChI is InChI=1S/C13H11F2NO2S/c1-9-2-7-12(15)13(8-9)16-19(17,18)11-5-3-10(14)4-6-11/h2-8,16H,1H3. The minimum atomic E-state index is -3.93. The highest BCUT2D eigenvalue weighted by Crippen LogP contribution is 2.20. The summed E-state index contributed by atoms with van der Waals surface area (Å²) >= 11 is 0. The van der Waals surface area contributed by atoms with Crippen LogP contribution in [-0.4, -0.2) is 8.42 Å². The van der Waals surface area contributed by atoms with Crippen LogP contribution in [0.25, 0.3) is 0 Å². The van der Waals surface area contributed by atoms with Crippen LogP contribution in [0.3, 0.4) is 0 Å². The van der Waals surface area contributed by atoms with Crippen molar-refractivity contribution in [2.24, 2.45) is 0 Å². The highest BCUT2D eigenvalue weighted by atomic mass is 32.2. The van der Waals surface area contributed by atoms with Gasteiger partial charge in [-0.15, -0.1) is 0 Å². The molecule has 100 valence electrons. The maximum atomic E-state index is 13.5. The van der Waals surface area contributed by atoms with Crippen LogP contribution in [0.4, 0.5) is 14.5 Å². The Morgan fingerprint density at radius 2 is 1.63 bits per heavy atom. The summed E-state index contributed by atoms with van der Waals surface area (Å²) in [5, 5.41) is 0. The largest absolute Gasteiger partial charge is 0.277 e. The Labute approximate surface area is 109 Å². The Morgan fingerprint density at radius 1 is 1.00 bits per heavy atom. The predicted molar refractivity (Wildman–Crippen MR) is 68.3 cm³/mol. The van der Waals surface area contributed by atoms with Gasteiger partial charge < -0.3 is 0 Å². The topological polar surface area (TPSA) is 46.2 Å². The second kappa shape index (κ2) is 4.97. The van der Waals surface area contributed by atoms with Gasteiger partial charge in [0.15, 0.2) is 0 Å². The molecule has 2 aromatic rings. The van der Waals surface area contributed by atoms with Gasteiger partial charge in [0, 0.05) is 0 Å². The van der Waals surface area contributed by atoms with E-state index in [2.05, 4.69) is 4.72 Å². The molecule has 0 aliphatic carbocycles. The van der Waals surface area contributed by atoms with Gasteiger partial charge in [0.1, 0.15) is 11.6 Å². The Balaban J connectivity index is 2.36. The molecule has 0 heterocycles. The van der Waals surface area contributed by atoms with Crippen LogP contribution < -0.4 is 4.72 Å². The van der Waals surface area contributed by atoms with Crippen molar-refractivity contribution in [2.75, 3.05) is 4.72 Å². The van der Waals surface area contributed by atoms with E-state index in [1.54, 1.807) is 6.92 Å². The molecule has 0 saturated heterocycles. The number of hydrogen-bond donors (Lipinski definition) is 1. The smallest absolute Gasteiger partial charge is 0.261 e. The van der Waals surface area contributed by atoms with Gasteiger partial charge in [-0.1, -0.05) is 6.07 Å². The van der Waals surface area contributed by atoms with E-state index in [9.17, 15) is 17.2 Å². The molecule has 0 atom stereocenters. The molecule has 0 bridgehead atoms. The van der Waals surface area contributed by atoms with Crippen molar-refractivity contribution in [3.05, 3.63) is 59.7 Å². The summed E-state index contributed by atoms with van der Waals surface area (Å²) in [5.74, 6) is -1.21. The Bertz CT molecular complexity index is 697. The van der Waals surface area contributed by atoms with Gasteiger partial charge in [0.2, 0.25) is 0 Å². The third-order valence-corrected chi connectivity index (χ3v) is 3.87. The number of anilines is 1. The fourth-order valence-corrected chi connectivity index (χ4v) is 2.59. The van der Waals surface area contributed by atoms with Gasteiger partial charge in [-0.2, -0.15) is 0 Å². The summed E-state index contributed by atoms with van der Waals surface area (Å²) in [6.07, 6.45) is 0. The molecule has 0 saturated carbocycles. The van der Waals surface area contributed by atoms with Crippen LogP contribution in [0.15, 0.2) is 47.4 Å². The molecule has 0 spiro atoms. The second-order valence-corrected chi connectivity index (χ2v) is 5.73. The first-order chi connectivity index (χ1) is 8.88. The van der Waals surface area contributed by atoms with Gasteiger partial charge in [0.25, 0.3) is 10.0 Å². The third kappa shape index (κ3) is 3.08. The minimum absolute atomic E-state index is 0.130. The highest BCUT2D eigenvalue weighted by molar-refractivity contribution is 7.92. The molecule has 0 amide bonds. The molecule has 0 fully saturated rings. The average Bonchev–Trinajstić information content (AvgIpc) is 2.34. The van der Waals surface area contributed by atoms with E-state index >= 15 is 0 Å². The fourth-order valence-electron chi connectivity index (χ4n) is 1.53. The summed E-state index contributed by atoms with van der Waals surface area (Å²) in [4.78, 5) is -0.130. The lowest BCUT2D eigenvalue weighted by Gasteiger charge is -2.09. The molecule has 0 aliphatic rings. The van der Waals surface area contributed by atoms with Crippen LogP contribution in [0.5, 0.6) is 0 Å². The van der Waals surface area contributed by atoms with E-state index in [4.69, 9.17) is 0 Å². The number of rotatable bonds is 3.